The first-order chi connectivity index (χ1) is 12.7. The molecule has 2 aromatic rings. The number of benzene rings is 2. The van der Waals surface area contributed by atoms with Gasteiger partial charge in [-0.15, -0.1) is 0 Å². The molecule has 0 aliphatic heterocycles. The van der Waals surface area contributed by atoms with Gasteiger partial charge in [-0.3, -0.25) is 0 Å². The summed E-state index contributed by atoms with van der Waals surface area (Å²) in [6.07, 6.45) is -1.09. The molecule has 0 aliphatic rings. The summed E-state index contributed by atoms with van der Waals surface area (Å²) in [7, 11) is 1.37. The normalized spacial score (nSPS) is 14.9. The Kier molecular flexibility index (Phi) is 9.31. The van der Waals surface area contributed by atoms with E-state index in [1.165, 1.54) is 7.11 Å². The minimum Gasteiger partial charge on any atom is -0.399 e. The van der Waals surface area contributed by atoms with Crippen LogP contribution in [0.15, 0.2) is 65.8 Å². The van der Waals surface area contributed by atoms with Crippen LogP contribution in [0.3, 0.4) is 0 Å². The fraction of sp³-hybridized carbons (Fsp3) is 0.350. The molecule has 0 unspecified atom stereocenters. The Labute approximate surface area is 162 Å². The molecule has 0 N–H and O–H groups in total. The Morgan fingerprint density at radius 1 is 1.00 bits per heavy atom. The number of hydrogen-bond acceptors (Lipinski definition) is 4. The van der Waals surface area contributed by atoms with Crippen LogP contribution < -0.4 is 0 Å². The van der Waals surface area contributed by atoms with Crippen molar-refractivity contribution in [2.75, 3.05) is 13.7 Å². The van der Waals surface area contributed by atoms with Crippen LogP contribution >= 0.6 is 15.9 Å². The molecule has 0 saturated carbocycles. The van der Waals surface area contributed by atoms with E-state index >= 15 is 0 Å². The Morgan fingerprint density at radius 2 is 1.58 bits per heavy atom. The fourth-order valence-electron chi connectivity index (χ4n) is 2.32. The molecule has 0 aliphatic carbocycles. The number of alkyl halides is 2. The molecule has 2 rings (SSSR count). The van der Waals surface area contributed by atoms with Gasteiger partial charge in [-0.1, -0.05) is 81.7 Å². The van der Waals surface area contributed by atoms with Crippen molar-refractivity contribution in [1.29, 1.82) is 0 Å². The van der Waals surface area contributed by atoms with Crippen molar-refractivity contribution in [3.63, 3.8) is 0 Å². The molecule has 4 nitrogen and oxygen atoms in total. The number of rotatable bonds is 11. The van der Waals surface area contributed by atoms with Crippen LogP contribution in [0.25, 0.3) is 0 Å². The number of halogens is 2. The van der Waals surface area contributed by atoms with E-state index in [9.17, 15) is 4.39 Å². The molecule has 0 amide bonds. The van der Waals surface area contributed by atoms with E-state index in [0.717, 1.165) is 17.3 Å². The largest absolute Gasteiger partial charge is 0.399 e. The molecule has 26 heavy (non-hydrogen) atoms. The van der Waals surface area contributed by atoms with E-state index < -0.39 is 12.3 Å². The van der Waals surface area contributed by atoms with Gasteiger partial charge in [0.15, 0.2) is 6.17 Å². The zero-order valence-corrected chi connectivity index (χ0v) is 16.2. The predicted molar refractivity (Wildman–Crippen MR) is 104 cm³/mol. The first-order valence-corrected chi connectivity index (χ1v) is 9.24. The third-order valence-electron chi connectivity index (χ3n) is 3.65. The number of hydrogen-bond donors (Lipinski definition) is 0. The highest BCUT2D eigenvalue weighted by molar-refractivity contribution is 9.09. The first kappa shape index (κ1) is 20.6. The van der Waals surface area contributed by atoms with E-state index in [-0.39, 0.29) is 4.83 Å². The first-order valence-electron chi connectivity index (χ1n) is 8.32. The minimum absolute atomic E-state index is 0.299. The molecule has 0 radical (unpaired) electrons. The standard InChI is InChI=1S/C20H23BrFNO3/c1-24-23-12-19(22)20(26-14-17-10-6-3-7-11-17)18(21)15-25-13-16-8-4-2-5-9-16/h2-12,18-20H,13-15H2,1H3/t18-,19-,20+/m0/s1. The summed E-state index contributed by atoms with van der Waals surface area (Å²) in [5.74, 6) is 0. The summed E-state index contributed by atoms with van der Waals surface area (Å²) < 4.78 is 26.0. The van der Waals surface area contributed by atoms with Gasteiger partial charge in [0.1, 0.15) is 13.2 Å². The molecular weight excluding hydrogens is 401 g/mol. The van der Waals surface area contributed by atoms with Crippen molar-refractivity contribution >= 4 is 22.1 Å². The lowest BCUT2D eigenvalue weighted by Crippen LogP contribution is -2.37. The number of oxime groups is 1. The number of ether oxygens (including phenoxy) is 2. The summed E-state index contributed by atoms with van der Waals surface area (Å²) in [6.45, 7) is 1.06. The van der Waals surface area contributed by atoms with Gasteiger partial charge in [-0.05, 0) is 11.1 Å². The van der Waals surface area contributed by atoms with E-state index in [2.05, 4.69) is 25.9 Å². The van der Waals surface area contributed by atoms with E-state index in [1.54, 1.807) is 0 Å². The van der Waals surface area contributed by atoms with E-state index in [1.807, 2.05) is 60.7 Å². The predicted octanol–water partition coefficient (Wildman–Crippen LogP) is 4.52. The molecule has 0 saturated heterocycles. The zero-order valence-electron chi connectivity index (χ0n) is 14.6. The number of nitrogens with zero attached hydrogens (tertiary/aromatic N) is 1. The molecule has 0 bridgehead atoms. The van der Waals surface area contributed by atoms with Crippen LogP contribution in [-0.4, -0.2) is 37.0 Å². The van der Waals surface area contributed by atoms with Crippen LogP contribution in [0.4, 0.5) is 4.39 Å². The highest BCUT2D eigenvalue weighted by atomic mass is 79.9. The summed E-state index contributed by atoms with van der Waals surface area (Å²) in [5, 5.41) is 3.52. The second-order valence-corrected chi connectivity index (χ2v) is 6.84. The maximum atomic E-state index is 14.5. The van der Waals surface area contributed by atoms with E-state index in [4.69, 9.17) is 9.47 Å². The second-order valence-electron chi connectivity index (χ2n) is 5.66. The smallest absolute Gasteiger partial charge is 0.166 e. The Morgan fingerprint density at radius 3 is 2.15 bits per heavy atom. The molecule has 140 valence electrons. The van der Waals surface area contributed by atoms with Gasteiger partial charge < -0.3 is 14.3 Å². The Bertz CT molecular complexity index is 642. The molecule has 0 aromatic heterocycles. The summed E-state index contributed by atoms with van der Waals surface area (Å²) >= 11 is 3.49. The van der Waals surface area contributed by atoms with Crippen LogP contribution in [0.5, 0.6) is 0 Å². The molecule has 0 heterocycles. The highest BCUT2D eigenvalue weighted by Gasteiger charge is 2.28. The Balaban J connectivity index is 1.91. The summed E-state index contributed by atoms with van der Waals surface area (Å²) in [6, 6.07) is 19.5. The third-order valence-corrected chi connectivity index (χ3v) is 4.44. The molecule has 0 fully saturated rings. The SMILES string of the molecule is CON=C[C@H](F)[C@H](OCc1ccccc1)[C@@H](Br)COCc1ccccc1. The monoisotopic (exact) mass is 423 g/mol. The van der Waals surface area contributed by atoms with Crippen molar-refractivity contribution in [3.8, 4) is 0 Å². The van der Waals surface area contributed by atoms with Gasteiger partial charge in [-0.25, -0.2) is 4.39 Å². The zero-order chi connectivity index (χ0) is 18.6. The average molecular weight is 424 g/mol. The van der Waals surface area contributed by atoms with Crippen LogP contribution in [-0.2, 0) is 27.5 Å². The van der Waals surface area contributed by atoms with Crippen molar-refractivity contribution in [3.05, 3.63) is 71.8 Å². The summed E-state index contributed by atoms with van der Waals surface area (Å²) in [5.41, 5.74) is 2.03. The second kappa shape index (κ2) is 11.8. The Hall–Kier alpha value is -1.76. The maximum absolute atomic E-state index is 14.5. The lowest BCUT2D eigenvalue weighted by molar-refractivity contribution is -0.0104. The molecule has 0 spiro atoms. The maximum Gasteiger partial charge on any atom is 0.166 e. The van der Waals surface area contributed by atoms with Crippen molar-refractivity contribution in [2.45, 2.75) is 30.3 Å². The minimum atomic E-state index is -1.43. The third kappa shape index (κ3) is 7.23. The van der Waals surface area contributed by atoms with Crippen molar-refractivity contribution < 1.29 is 18.7 Å². The lowest BCUT2D eigenvalue weighted by Gasteiger charge is -2.24. The quantitative estimate of drug-likeness (QED) is 0.303. The van der Waals surface area contributed by atoms with Gasteiger partial charge in [0.05, 0.1) is 30.9 Å². The fourth-order valence-corrected chi connectivity index (χ4v) is 2.96. The van der Waals surface area contributed by atoms with Gasteiger partial charge >= 0.3 is 0 Å². The van der Waals surface area contributed by atoms with Crippen LogP contribution in [0.2, 0.25) is 0 Å². The molecule has 6 heteroatoms. The molecular formula is C20H23BrFNO3. The van der Waals surface area contributed by atoms with E-state index in [0.29, 0.717) is 19.8 Å². The highest BCUT2D eigenvalue weighted by Crippen LogP contribution is 2.19. The van der Waals surface area contributed by atoms with Gasteiger partial charge in [0, 0.05) is 0 Å². The van der Waals surface area contributed by atoms with Crippen molar-refractivity contribution in [1.82, 2.24) is 0 Å². The van der Waals surface area contributed by atoms with Crippen molar-refractivity contribution in [2.24, 2.45) is 5.16 Å². The average Bonchev–Trinajstić information content (AvgIpc) is 2.68. The van der Waals surface area contributed by atoms with Gasteiger partial charge in [-0.2, -0.15) is 0 Å². The molecule has 2 aromatic carbocycles. The lowest BCUT2D eigenvalue weighted by atomic mass is 10.1. The van der Waals surface area contributed by atoms with Gasteiger partial charge in [0.2, 0.25) is 0 Å². The van der Waals surface area contributed by atoms with Gasteiger partial charge in [0.25, 0.3) is 0 Å². The summed E-state index contributed by atoms with van der Waals surface area (Å²) in [4.78, 5) is 4.23. The van der Waals surface area contributed by atoms with Crippen LogP contribution in [0.1, 0.15) is 11.1 Å². The topological polar surface area (TPSA) is 40.0 Å². The van der Waals surface area contributed by atoms with Crippen LogP contribution in [0, 0.1) is 0 Å². The molecule has 3 atom stereocenters.